The Bertz CT molecular complexity index is 1220. The van der Waals surface area contributed by atoms with Crippen molar-refractivity contribution in [1.29, 1.82) is 0 Å². The zero-order valence-electron chi connectivity index (χ0n) is 17.6. The summed E-state index contributed by atoms with van der Waals surface area (Å²) in [7, 11) is 0. The Balaban J connectivity index is 1.47. The molecule has 5 nitrogen and oxygen atoms in total. The van der Waals surface area contributed by atoms with Gasteiger partial charge in [-0.05, 0) is 60.9 Å². The number of carbonyl (C=O) groups excluding carboxylic acids is 1. The van der Waals surface area contributed by atoms with E-state index in [1.165, 1.54) is 12.1 Å². The van der Waals surface area contributed by atoms with E-state index in [4.69, 9.17) is 4.74 Å². The van der Waals surface area contributed by atoms with Crippen LogP contribution in [0.1, 0.15) is 22.5 Å². The van der Waals surface area contributed by atoms with Crippen molar-refractivity contribution in [2.24, 2.45) is 0 Å². The van der Waals surface area contributed by atoms with Crippen LogP contribution >= 0.6 is 0 Å². The molecule has 1 aromatic heterocycles. The first kappa shape index (κ1) is 20.6. The predicted molar refractivity (Wildman–Crippen MR) is 118 cm³/mol. The molecule has 158 valence electrons. The number of aromatic nitrogens is 2. The third-order valence-corrected chi connectivity index (χ3v) is 5.13. The Labute approximate surface area is 180 Å². The molecule has 0 aliphatic rings. The van der Waals surface area contributed by atoms with Crippen molar-refractivity contribution >= 4 is 16.9 Å². The number of para-hydroxylation sites is 2. The minimum Gasteiger partial charge on any atom is -0.483 e. The van der Waals surface area contributed by atoms with Gasteiger partial charge in [0, 0.05) is 6.54 Å². The largest absolute Gasteiger partial charge is 0.483 e. The van der Waals surface area contributed by atoms with Gasteiger partial charge in [-0.25, -0.2) is 9.37 Å². The molecule has 0 saturated heterocycles. The van der Waals surface area contributed by atoms with Crippen LogP contribution in [0, 0.1) is 19.7 Å². The molecule has 4 aromatic rings. The topological polar surface area (TPSA) is 56.1 Å². The highest BCUT2D eigenvalue weighted by molar-refractivity contribution is 5.78. The summed E-state index contributed by atoms with van der Waals surface area (Å²) in [4.78, 5) is 17.1. The van der Waals surface area contributed by atoms with Crippen molar-refractivity contribution in [1.82, 2.24) is 14.9 Å². The highest BCUT2D eigenvalue weighted by atomic mass is 19.1. The molecule has 0 saturated carbocycles. The molecule has 3 aromatic carbocycles. The van der Waals surface area contributed by atoms with E-state index in [1.54, 1.807) is 12.1 Å². The van der Waals surface area contributed by atoms with Crippen LogP contribution in [-0.4, -0.2) is 22.1 Å². The number of aryl methyl sites for hydroxylation is 2. The number of rotatable bonds is 7. The monoisotopic (exact) mass is 417 g/mol. The zero-order chi connectivity index (χ0) is 21.8. The summed E-state index contributed by atoms with van der Waals surface area (Å²) in [6, 6.07) is 20.1. The lowest BCUT2D eigenvalue weighted by Gasteiger charge is -2.12. The molecule has 0 radical (unpaired) electrons. The molecule has 0 aliphatic carbocycles. The number of fused-ring (bicyclic) bond motifs is 1. The van der Waals surface area contributed by atoms with Gasteiger partial charge in [0.15, 0.2) is 6.61 Å². The van der Waals surface area contributed by atoms with Crippen molar-refractivity contribution in [2.45, 2.75) is 26.9 Å². The van der Waals surface area contributed by atoms with Gasteiger partial charge in [0.1, 0.15) is 17.4 Å². The van der Waals surface area contributed by atoms with Crippen LogP contribution in [0.2, 0.25) is 0 Å². The SMILES string of the molecule is Cc1ccc(C)c(OCC(=O)NCc2nc3ccccc3n2Cc2ccc(F)cc2)c1. The van der Waals surface area contributed by atoms with Gasteiger partial charge in [0.05, 0.1) is 17.6 Å². The molecule has 1 N–H and O–H groups in total. The minimum atomic E-state index is -0.268. The molecule has 31 heavy (non-hydrogen) atoms. The molecule has 4 rings (SSSR count). The molecule has 1 amide bonds. The number of carbonyl (C=O) groups is 1. The highest BCUT2D eigenvalue weighted by Gasteiger charge is 2.13. The summed E-state index contributed by atoms with van der Waals surface area (Å²) >= 11 is 0. The second-order valence-electron chi connectivity index (χ2n) is 7.56. The van der Waals surface area contributed by atoms with Crippen LogP contribution in [0.25, 0.3) is 11.0 Å². The smallest absolute Gasteiger partial charge is 0.258 e. The molecule has 1 heterocycles. The Kier molecular flexibility index (Phi) is 5.98. The molecule has 0 aliphatic heterocycles. The van der Waals surface area contributed by atoms with Crippen LogP contribution in [0.15, 0.2) is 66.7 Å². The molecule has 6 heteroatoms. The Morgan fingerprint density at radius 3 is 2.65 bits per heavy atom. The molecule has 0 fully saturated rings. The van der Waals surface area contributed by atoms with E-state index in [1.807, 2.05) is 60.9 Å². The third kappa shape index (κ3) is 4.91. The number of amides is 1. The number of benzene rings is 3. The molecule has 0 unspecified atom stereocenters. The first-order chi connectivity index (χ1) is 15.0. The van der Waals surface area contributed by atoms with E-state index in [-0.39, 0.29) is 24.9 Å². The van der Waals surface area contributed by atoms with Crippen molar-refractivity contribution in [2.75, 3.05) is 6.61 Å². The van der Waals surface area contributed by atoms with Crippen molar-refractivity contribution in [3.63, 3.8) is 0 Å². The number of halogens is 1. The van der Waals surface area contributed by atoms with Crippen LogP contribution in [-0.2, 0) is 17.9 Å². The summed E-state index contributed by atoms with van der Waals surface area (Å²) in [5, 5.41) is 2.89. The van der Waals surface area contributed by atoms with E-state index in [9.17, 15) is 9.18 Å². The number of nitrogens with one attached hydrogen (secondary N) is 1. The average Bonchev–Trinajstić information content (AvgIpc) is 3.12. The normalized spacial score (nSPS) is 10.9. The number of imidazole rings is 1. The van der Waals surface area contributed by atoms with Gasteiger partial charge >= 0.3 is 0 Å². The Hall–Kier alpha value is -3.67. The van der Waals surface area contributed by atoms with Crippen molar-refractivity contribution in [3.8, 4) is 5.75 Å². The summed E-state index contributed by atoms with van der Waals surface area (Å²) in [5.41, 5.74) is 4.83. The van der Waals surface area contributed by atoms with E-state index in [2.05, 4.69) is 10.3 Å². The van der Waals surface area contributed by atoms with Gasteiger partial charge in [-0.1, -0.05) is 36.4 Å². The predicted octanol–water partition coefficient (Wildman–Crippen LogP) is 4.54. The lowest BCUT2D eigenvalue weighted by atomic mass is 10.1. The van der Waals surface area contributed by atoms with Gasteiger partial charge in [-0.2, -0.15) is 0 Å². The first-order valence-corrected chi connectivity index (χ1v) is 10.1. The lowest BCUT2D eigenvalue weighted by Crippen LogP contribution is -2.29. The van der Waals surface area contributed by atoms with Gasteiger partial charge in [-0.3, -0.25) is 4.79 Å². The van der Waals surface area contributed by atoms with Crippen molar-refractivity contribution in [3.05, 3.63) is 95.1 Å². The molecule has 0 spiro atoms. The maximum atomic E-state index is 13.3. The fourth-order valence-electron chi connectivity index (χ4n) is 3.44. The number of nitrogens with zero attached hydrogens (tertiary/aromatic N) is 2. The summed E-state index contributed by atoms with van der Waals surface area (Å²) in [6.45, 7) is 4.67. The van der Waals surface area contributed by atoms with Gasteiger partial charge in [0.2, 0.25) is 0 Å². The van der Waals surface area contributed by atoms with Crippen LogP contribution in [0.4, 0.5) is 4.39 Å². The van der Waals surface area contributed by atoms with Crippen LogP contribution < -0.4 is 10.1 Å². The third-order valence-electron chi connectivity index (χ3n) is 5.13. The van der Waals surface area contributed by atoms with E-state index < -0.39 is 0 Å². The van der Waals surface area contributed by atoms with Gasteiger partial charge in [0.25, 0.3) is 5.91 Å². The Morgan fingerprint density at radius 1 is 1.06 bits per heavy atom. The second-order valence-corrected chi connectivity index (χ2v) is 7.56. The van der Waals surface area contributed by atoms with Gasteiger partial charge in [-0.15, -0.1) is 0 Å². The molecule has 0 bridgehead atoms. The first-order valence-electron chi connectivity index (χ1n) is 10.1. The standard InChI is InChI=1S/C25H24FN3O2/c1-17-7-8-18(2)23(13-17)31-16-25(30)27-14-24-28-21-5-3-4-6-22(21)29(24)15-19-9-11-20(26)12-10-19/h3-13H,14-16H2,1-2H3,(H,27,30). The summed E-state index contributed by atoms with van der Waals surface area (Å²) in [5.74, 6) is 0.946. The van der Waals surface area contributed by atoms with E-state index >= 15 is 0 Å². The number of hydrogen-bond acceptors (Lipinski definition) is 3. The molecular weight excluding hydrogens is 393 g/mol. The highest BCUT2D eigenvalue weighted by Crippen LogP contribution is 2.20. The minimum absolute atomic E-state index is 0.0670. The maximum Gasteiger partial charge on any atom is 0.258 e. The van der Waals surface area contributed by atoms with E-state index in [0.717, 1.165) is 33.5 Å². The maximum absolute atomic E-state index is 13.3. The van der Waals surface area contributed by atoms with Crippen molar-refractivity contribution < 1.29 is 13.9 Å². The molecule has 0 atom stereocenters. The number of hydrogen-bond donors (Lipinski definition) is 1. The number of ether oxygens (including phenoxy) is 1. The second kappa shape index (κ2) is 9.00. The molecular formula is C25H24FN3O2. The van der Waals surface area contributed by atoms with E-state index in [0.29, 0.717) is 12.3 Å². The van der Waals surface area contributed by atoms with Gasteiger partial charge < -0.3 is 14.6 Å². The lowest BCUT2D eigenvalue weighted by molar-refractivity contribution is -0.123. The average molecular weight is 417 g/mol. The van der Waals surface area contributed by atoms with Crippen LogP contribution in [0.5, 0.6) is 5.75 Å². The quantitative estimate of drug-likeness (QED) is 0.480. The Morgan fingerprint density at radius 2 is 1.84 bits per heavy atom. The van der Waals surface area contributed by atoms with Crippen LogP contribution in [0.3, 0.4) is 0 Å². The fraction of sp³-hybridized carbons (Fsp3) is 0.200. The zero-order valence-corrected chi connectivity index (χ0v) is 17.6. The summed E-state index contributed by atoms with van der Waals surface area (Å²) in [6.07, 6.45) is 0. The fourth-order valence-corrected chi connectivity index (χ4v) is 3.44. The summed E-state index contributed by atoms with van der Waals surface area (Å²) < 4.78 is 21.0.